The van der Waals surface area contributed by atoms with Crippen LogP contribution in [0.15, 0.2) is 36.4 Å². The minimum absolute atomic E-state index is 0. The third kappa shape index (κ3) is 1.86. The Bertz CT molecular complexity index is 788. The molecule has 96 valence electrons. The van der Waals surface area contributed by atoms with E-state index in [-0.39, 0.29) is 23.5 Å². The van der Waals surface area contributed by atoms with Gasteiger partial charge >= 0.3 is 11.9 Å². The lowest BCUT2D eigenvalue weighted by Gasteiger charge is -2.06. The fraction of sp³-hybridized carbons (Fsp3) is 0. The van der Waals surface area contributed by atoms with Gasteiger partial charge < -0.3 is 10.2 Å². The van der Waals surface area contributed by atoms with Crippen molar-refractivity contribution < 1.29 is 19.8 Å². The predicted molar refractivity (Wildman–Crippen MR) is 69.4 cm³/mol. The highest BCUT2D eigenvalue weighted by Crippen LogP contribution is 2.16. The van der Waals surface area contributed by atoms with E-state index in [1.807, 2.05) is 0 Å². The minimum Gasteiger partial charge on any atom is -0.478 e. The summed E-state index contributed by atoms with van der Waals surface area (Å²) in [7, 11) is 0. The van der Waals surface area contributed by atoms with Crippen LogP contribution in [0.25, 0.3) is 0 Å². The van der Waals surface area contributed by atoms with E-state index in [0.29, 0.717) is 0 Å². The Hall–Kier alpha value is -2.33. The van der Waals surface area contributed by atoms with Crippen LogP contribution in [-0.2, 0) is 0 Å². The average molecular weight is 277 g/mol. The van der Waals surface area contributed by atoms with E-state index in [9.17, 15) is 9.59 Å². The molecule has 2 aromatic carbocycles. The largest absolute Gasteiger partial charge is 0.478 e. The van der Waals surface area contributed by atoms with Gasteiger partial charge in [0, 0.05) is 0 Å². The van der Waals surface area contributed by atoms with Crippen LogP contribution >= 0.6 is 12.4 Å². The summed E-state index contributed by atoms with van der Waals surface area (Å²) in [5.41, 5.74) is 0.475. The lowest BCUT2D eigenvalue weighted by Crippen LogP contribution is -2.01. The number of carbonyl (C=O) groups is 2. The van der Waals surface area contributed by atoms with E-state index < -0.39 is 11.9 Å². The molecule has 0 saturated carbocycles. The fourth-order valence-corrected chi connectivity index (χ4v) is 2.21. The second-order valence-corrected chi connectivity index (χ2v) is 4.13. The van der Waals surface area contributed by atoms with Crippen molar-refractivity contribution in [1.29, 1.82) is 0 Å². The number of hydrogen-bond acceptors (Lipinski definition) is 2. The van der Waals surface area contributed by atoms with E-state index >= 15 is 0 Å². The number of aromatic carboxylic acids is 2. The Labute approximate surface area is 113 Å². The van der Waals surface area contributed by atoms with Crippen LogP contribution in [0, 0.1) is 20.9 Å². The van der Waals surface area contributed by atoms with Gasteiger partial charge in [-0.2, -0.15) is 0 Å². The first kappa shape index (κ1) is 13.1. The average Bonchev–Trinajstić information content (AvgIpc) is 2.34. The molecule has 1 aliphatic rings. The summed E-state index contributed by atoms with van der Waals surface area (Å²) in [5, 5.41) is 21.4. The van der Waals surface area contributed by atoms with Crippen molar-refractivity contribution in [2.24, 2.45) is 0 Å². The van der Waals surface area contributed by atoms with Crippen molar-refractivity contribution in [2.45, 2.75) is 0 Å². The van der Waals surface area contributed by atoms with Gasteiger partial charge in [0.15, 0.2) is 0 Å². The SMILES string of the molecule is Cl.O=C(O)c1ccc2c(c1)=c1ccc(C(=O)O)cc1=2. The molecule has 2 N–H and O–H groups in total. The molecule has 0 aliphatic heterocycles. The molecule has 2 aromatic rings. The van der Waals surface area contributed by atoms with Crippen LogP contribution in [0.4, 0.5) is 0 Å². The second-order valence-electron chi connectivity index (χ2n) is 4.13. The van der Waals surface area contributed by atoms with E-state index in [1.165, 1.54) is 12.1 Å². The predicted octanol–water partition coefficient (Wildman–Crippen LogP) is 2.39. The Morgan fingerprint density at radius 1 is 0.684 bits per heavy atom. The van der Waals surface area contributed by atoms with Gasteiger partial charge in [-0.3, -0.25) is 0 Å². The first-order valence-corrected chi connectivity index (χ1v) is 5.33. The zero-order valence-corrected chi connectivity index (χ0v) is 10.4. The molecule has 0 fully saturated rings. The number of hydrogen-bond donors (Lipinski definition) is 2. The molecule has 4 nitrogen and oxygen atoms in total. The quantitative estimate of drug-likeness (QED) is 0.754. The number of rotatable bonds is 2. The first-order valence-electron chi connectivity index (χ1n) is 5.33. The van der Waals surface area contributed by atoms with Crippen molar-refractivity contribution in [1.82, 2.24) is 0 Å². The minimum atomic E-state index is -0.964. The van der Waals surface area contributed by atoms with E-state index in [0.717, 1.165) is 20.9 Å². The topological polar surface area (TPSA) is 74.6 Å². The third-order valence-corrected chi connectivity index (χ3v) is 3.11. The van der Waals surface area contributed by atoms with Gasteiger partial charge in [-0.15, -0.1) is 12.4 Å². The Morgan fingerprint density at radius 2 is 1.05 bits per heavy atom. The molecular weight excluding hydrogens is 268 g/mol. The van der Waals surface area contributed by atoms with Gasteiger partial charge in [-0.1, -0.05) is 12.1 Å². The number of carboxylic acids is 2. The maximum Gasteiger partial charge on any atom is 0.335 e. The molecule has 0 aromatic heterocycles. The van der Waals surface area contributed by atoms with E-state index in [4.69, 9.17) is 10.2 Å². The van der Waals surface area contributed by atoms with Gasteiger partial charge in [0.25, 0.3) is 0 Å². The highest BCUT2D eigenvalue weighted by Gasteiger charge is 2.09. The molecule has 1 aliphatic carbocycles. The lowest BCUT2D eigenvalue weighted by atomic mass is 9.98. The molecular formula is C14H9ClO4. The summed E-state index contributed by atoms with van der Waals surface area (Å²) in [5.74, 6) is -1.93. The molecule has 3 rings (SSSR count). The molecule has 0 bridgehead atoms. The number of fused-ring (bicyclic) bond motifs is 2. The molecule has 0 saturated heterocycles. The summed E-state index contributed by atoms with van der Waals surface area (Å²) in [6, 6.07) is 9.70. The Kier molecular flexibility index (Phi) is 3.04. The van der Waals surface area contributed by atoms with Gasteiger partial charge in [0.2, 0.25) is 0 Å². The molecule has 0 heterocycles. The maximum atomic E-state index is 10.9. The van der Waals surface area contributed by atoms with E-state index in [2.05, 4.69) is 0 Å². The summed E-state index contributed by atoms with van der Waals surface area (Å²) in [4.78, 5) is 21.7. The van der Waals surface area contributed by atoms with Crippen molar-refractivity contribution in [3.63, 3.8) is 0 Å². The zero-order valence-electron chi connectivity index (χ0n) is 9.58. The molecule has 0 radical (unpaired) electrons. The van der Waals surface area contributed by atoms with Crippen molar-refractivity contribution >= 4 is 24.3 Å². The van der Waals surface area contributed by atoms with Crippen molar-refractivity contribution in [2.75, 3.05) is 0 Å². The molecule has 0 amide bonds. The second kappa shape index (κ2) is 4.40. The smallest absolute Gasteiger partial charge is 0.335 e. The van der Waals surface area contributed by atoms with Crippen LogP contribution in [0.1, 0.15) is 20.7 Å². The van der Waals surface area contributed by atoms with Gasteiger partial charge in [0.05, 0.1) is 11.1 Å². The summed E-state index contributed by atoms with van der Waals surface area (Å²) in [6.07, 6.45) is 0. The van der Waals surface area contributed by atoms with Crippen LogP contribution in [0.3, 0.4) is 0 Å². The van der Waals surface area contributed by atoms with Gasteiger partial charge in [-0.05, 0) is 45.1 Å². The van der Waals surface area contributed by atoms with E-state index in [1.54, 1.807) is 24.3 Å². The molecule has 0 atom stereocenters. The third-order valence-electron chi connectivity index (χ3n) is 3.11. The first-order chi connectivity index (χ1) is 8.58. The fourth-order valence-electron chi connectivity index (χ4n) is 2.21. The highest BCUT2D eigenvalue weighted by atomic mass is 35.5. The molecule has 0 spiro atoms. The number of halogens is 1. The number of benzene rings is 2. The Morgan fingerprint density at radius 3 is 1.37 bits per heavy atom. The van der Waals surface area contributed by atoms with Crippen LogP contribution in [0.2, 0.25) is 0 Å². The monoisotopic (exact) mass is 276 g/mol. The van der Waals surface area contributed by atoms with Crippen LogP contribution in [0.5, 0.6) is 0 Å². The zero-order chi connectivity index (χ0) is 12.9. The summed E-state index contributed by atoms with van der Waals surface area (Å²) in [6.45, 7) is 0. The van der Waals surface area contributed by atoms with Crippen LogP contribution in [-0.4, -0.2) is 22.2 Å². The van der Waals surface area contributed by atoms with Crippen LogP contribution < -0.4 is 0 Å². The van der Waals surface area contributed by atoms with Gasteiger partial charge in [-0.25, -0.2) is 9.59 Å². The van der Waals surface area contributed by atoms with Crippen molar-refractivity contribution in [3.05, 3.63) is 68.4 Å². The highest BCUT2D eigenvalue weighted by molar-refractivity contribution is 5.88. The molecule has 5 heteroatoms. The molecule has 19 heavy (non-hydrogen) atoms. The summed E-state index contributed by atoms with van der Waals surface area (Å²) >= 11 is 0. The summed E-state index contributed by atoms with van der Waals surface area (Å²) < 4.78 is 0. The van der Waals surface area contributed by atoms with Crippen molar-refractivity contribution in [3.8, 4) is 0 Å². The normalized spacial score (nSPS) is 10.5. The maximum absolute atomic E-state index is 10.9. The molecule has 0 unspecified atom stereocenters. The standard InChI is InChI=1S/C14H8O4.ClH/c15-13(16)7-1-3-9-11(5-7)10-4-2-8(14(17)18)6-12(9)10;/h1-6H,(H,15,16)(H,17,18);1H. The lowest BCUT2D eigenvalue weighted by molar-refractivity contribution is 0.0686. The van der Waals surface area contributed by atoms with Gasteiger partial charge in [0.1, 0.15) is 0 Å². The Balaban J connectivity index is 0.00000133. The number of carboxylic acid groups (broad SMARTS) is 2.